The standard InChI is InChI=1S/C8H10FNO2S/c1-12-8-4-3-6(5-7(8)9)13(2,10)11/h3-5,10H,1-2H3. The lowest BCUT2D eigenvalue weighted by atomic mass is 10.3. The summed E-state index contributed by atoms with van der Waals surface area (Å²) >= 11 is 0. The molecule has 0 bridgehead atoms. The third-order valence-electron chi connectivity index (χ3n) is 1.57. The van der Waals surface area contributed by atoms with Gasteiger partial charge in [0.1, 0.15) is 0 Å². The van der Waals surface area contributed by atoms with Crippen LogP contribution in [0.2, 0.25) is 0 Å². The second-order valence-electron chi connectivity index (χ2n) is 2.64. The Bertz CT molecular complexity index is 414. The van der Waals surface area contributed by atoms with Gasteiger partial charge in [-0.2, -0.15) is 0 Å². The fourth-order valence-electron chi connectivity index (χ4n) is 0.889. The molecule has 0 aliphatic heterocycles. The van der Waals surface area contributed by atoms with Crippen molar-refractivity contribution in [2.45, 2.75) is 4.90 Å². The van der Waals surface area contributed by atoms with Gasteiger partial charge in [-0.15, -0.1) is 0 Å². The maximum absolute atomic E-state index is 13.0. The molecule has 0 saturated heterocycles. The molecule has 0 aromatic heterocycles. The van der Waals surface area contributed by atoms with Crippen LogP contribution in [0.4, 0.5) is 4.39 Å². The van der Waals surface area contributed by atoms with Crippen LogP contribution in [-0.4, -0.2) is 17.6 Å². The van der Waals surface area contributed by atoms with Crippen molar-refractivity contribution in [3.63, 3.8) is 0 Å². The summed E-state index contributed by atoms with van der Waals surface area (Å²) in [6.07, 6.45) is 1.24. The normalized spacial score (nSPS) is 15.0. The molecule has 13 heavy (non-hydrogen) atoms. The van der Waals surface area contributed by atoms with Gasteiger partial charge in [0.2, 0.25) is 0 Å². The molecule has 0 saturated carbocycles. The van der Waals surface area contributed by atoms with Crippen LogP contribution in [0, 0.1) is 10.6 Å². The monoisotopic (exact) mass is 203 g/mol. The van der Waals surface area contributed by atoms with E-state index in [0.29, 0.717) is 0 Å². The highest BCUT2D eigenvalue weighted by Crippen LogP contribution is 2.20. The van der Waals surface area contributed by atoms with Crippen molar-refractivity contribution in [2.75, 3.05) is 13.4 Å². The van der Waals surface area contributed by atoms with Crippen LogP contribution in [-0.2, 0) is 9.73 Å². The highest BCUT2D eigenvalue weighted by molar-refractivity contribution is 7.91. The summed E-state index contributed by atoms with van der Waals surface area (Å²) in [6, 6.07) is 3.85. The minimum absolute atomic E-state index is 0.0902. The minimum Gasteiger partial charge on any atom is -0.494 e. The van der Waals surface area contributed by atoms with Gasteiger partial charge in [0.05, 0.1) is 21.7 Å². The number of hydrogen-bond donors (Lipinski definition) is 1. The second kappa shape index (κ2) is 3.33. The summed E-state index contributed by atoms with van der Waals surface area (Å²) in [4.78, 5) is 0.172. The van der Waals surface area contributed by atoms with Gasteiger partial charge >= 0.3 is 0 Å². The molecule has 0 fully saturated rings. The third-order valence-corrected chi connectivity index (χ3v) is 2.73. The number of ether oxygens (including phenoxy) is 1. The molecule has 0 spiro atoms. The Labute approximate surface area is 76.5 Å². The number of rotatable bonds is 2. The van der Waals surface area contributed by atoms with Gasteiger partial charge in [-0.3, -0.25) is 0 Å². The van der Waals surface area contributed by atoms with Gasteiger partial charge in [0, 0.05) is 6.26 Å². The van der Waals surface area contributed by atoms with Gasteiger partial charge in [-0.1, -0.05) is 0 Å². The summed E-state index contributed by atoms with van der Waals surface area (Å²) in [6.45, 7) is 0. The summed E-state index contributed by atoms with van der Waals surface area (Å²) in [5, 5.41) is 0. The van der Waals surface area contributed by atoms with Crippen molar-refractivity contribution < 1.29 is 13.3 Å². The van der Waals surface area contributed by atoms with E-state index < -0.39 is 15.5 Å². The Hall–Kier alpha value is -1.10. The van der Waals surface area contributed by atoms with Crippen molar-refractivity contribution in [1.82, 2.24) is 0 Å². The maximum atomic E-state index is 13.0. The molecule has 0 aliphatic carbocycles. The SMILES string of the molecule is COc1ccc(S(C)(=N)=O)cc1F. The topological polar surface area (TPSA) is 50.1 Å². The zero-order chi connectivity index (χ0) is 10.1. The number of benzene rings is 1. The highest BCUT2D eigenvalue weighted by Gasteiger charge is 2.08. The number of hydrogen-bond acceptors (Lipinski definition) is 3. The van der Waals surface area contributed by atoms with Gasteiger partial charge < -0.3 is 4.74 Å². The molecular weight excluding hydrogens is 193 g/mol. The largest absolute Gasteiger partial charge is 0.494 e. The molecule has 1 aromatic rings. The molecule has 1 rings (SSSR count). The molecule has 72 valence electrons. The van der Waals surface area contributed by atoms with E-state index in [2.05, 4.69) is 4.74 Å². The first kappa shape index (κ1) is 9.98. The molecule has 0 radical (unpaired) electrons. The van der Waals surface area contributed by atoms with Crippen LogP contribution in [0.5, 0.6) is 5.75 Å². The van der Waals surface area contributed by atoms with Crippen molar-refractivity contribution in [1.29, 1.82) is 4.78 Å². The average molecular weight is 203 g/mol. The van der Waals surface area contributed by atoms with E-state index in [4.69, 9.17) is 4.78 Å². The molecule has 1 atom stereocenters. The van der Waals surface area contributed by atoms with Crippen LogP contribution in [0.1, 0.15) is 0 Å². The number of nitrogens with one attached hydrogen (secondary N) is 1. The molecule has 1 N–H and O–H groups in total. The highest BCUT2D eigenvalue weighted by atomic mass is 32.2. The van der Waals surface area contributed by atoms with E-state index in [9.17, 15) is 8.60 Å². The first-order valence-corrected chi connectivity index (χ1v) is 5.49. The van der Waals surface area contributed by atoms with Crippen molar-refractivity contribution in [2.24, 2.45) is 0 Å². The summed E-state index contributed by atoms with van der Waals surface area (Å²) in [5.74, 6) is -0.505. The Balaban J connectivity index is 3.26. The first-order valence-electron chi connectivity index (χ1n) is 3.52. The van der Waals surface area contributed by atoms with E-state index in [1.54, 1.807) is 0 Å². The lowest BCUT2D eigenvalue weighted by Crippen LogP contribution is -1.96. The Morgan fingerprint density at radius 2 is 2.15 bits per heavy atom. The van der Waals surface area contributed by atoms with Crippen molar-refractivity contribution in [3.05, 3.63) is 24.0 Å². The van der Waals surface area contributed by atoms with E-state index in [1.165, 1.54) is 25.5 Å². The predicted molar refractivity (Wildman–Crippen MR) is 48.0 cm³/mol. The van der Waals surface area contributed by atoms with E-state index in [1.807, 2.05) is 0 Å². The summed E-state index contributed by atoms with van der Waals surface area (Å²) in [5.41, 5.74) is 0. The quantitative estimate of drug-likeness (QED) is 0.797. The molecule has 1 unspecified atom stereocenters. The average Bonchev–Trinajstić information content (AvgIpc) is 2.02. The van der Waals surface area contributed by atoms with Crippen LogP contribution in [0.3, 0.4) is 0 Å². The van der Waals surface area contributed by atoms with Crippen LogP contribution < -0.4 is 4.74 Å². The number of methoxy groups -OCH3 is 1. The smallest absolute Gasteiger partial charge is 0.166 e. The Kier molecular flexibility index (Phi) is 2.56. The van der Waals surface area contributed by atoms with Crippen LogP contribution >= 0.6 is 0 Å². The molecular formula is C8H10FNO2S. The fourth-order valence-corrected chi connectivity index (χ4v) is 1.55. The van der Waals surface area contributed by atoms with Crippen LogP contribution in [0.15, 0.2) is 23.1 Å². The molecule has 3 nitrogen and oxygen atoms in total. The van der Waals surface area contributed by atoms with Crippen LogP contribution in [0.25, 0.3) is 0 Å². The third kappa shape index (κ3) is 2.18. The molecule has 1 aromatic carbocycles. The molecule has 0 amide bonds. The van der Waals surface area contributed by atoms with Crippen molar-refractivity contribution >= 4 is 9.73 Å². The summed E-state index contributed by atoms with van der Waals surface area (Å²) in [7, 11) is -1.50. The first-order chi connectivity index (χ1) is 5.95. The van der Waals surface area contributed by atoms with E-state index in [-0.39, 0.29) is 10.6 Å². The fraction of sp³-hybridized carbons (Fsp3) is 0.250. The lowest BCUT2D eigenvalue weighted by Gasteiger charge is -2.04. The summed E-state index contributed by atoms with van der Waals surface area (Å²) < 4.78 is 36.1. The maximum Gasteiger partial charge on any atom is 0.166 e. The van der Waals surface area contributed by atoms with E-state index in [0.717, 1.165) is 6.07 Å². The zero-order valence-corrected chi connectivity index (χ0v) is 8.15. The zero-order valence-electron chi connectivity index (χ0n) is 7.33. The van der Waals surface area contributed by atoms with Gasteiger partial charge in [0.15, 0.2) is 11.6 Å². The van der Waals surface area contributed by atoms with Gasteiger partial charge in [0.25, 0.3) is 0 Å². The molecule has 0 aliphatic rings. The Morgan fingerprint density at radius 3 is 2.54 bits per heavy atom. The Morgan fingerprint density at radius 1 is 1.54 bits per heavy atom. The lowest BCUT2D eigenvalue weighted by molar-refractivity contribution is 0.385. The molecule has 0 heterocycles. The van der Waals surface area contributed by atoms with Gasteiger partial charge in [-0.25, -0.2) is 13.4 Å². The second-order valence-corrected chi connectivity index (χ2v) is 4.80. The minimum atomic E-state index is -2.85. The number of halogens is 1. The van der Waals surface area contributed by atoms with E-state index >= 15 is 0 Å². The molecule has 5 heteroatoms. The van der Waals surface area contributed by atoms with Crippen molar-refractivity contribution in [3.8, 4) is 5.75 Å². The predicted octanol–water partition coefficient (Wildman–Crippen LogP) is 1.87. The van der Waals surface area contributed by atoms with Gasteiger partial charge in [-0.05, 0) is 18.2 Å².